The molecule has 1 rings (SSSR count). The Morgan fingerprint density at radius 1 is 1.44 bits per heavy atom. The van der Waals surface area contributed by atoms with Gasteiger partial charge in [0.05, 0.1) is 12.7 Å². The van der Waals surface area contributed by atoms with Gasteiger partial charge >= 0.3 is 0 Å². The topological polar surface area (TPSA) is 29.5 Å². The van der Waals surface area contributed by atoms with Crippen LogP contribution in [0.1, 0.15) is 32.8 Å². The Bertz CT molecular complexity index is 348. The molecule has 1 aromatic carbocycles. The molecule has 88 valence electrons. The van der Waals surface area contributed by atoms with Crippen molar-refractivity contribution in [2.45, 2.75) is 33.3 Å². The number of hydrogen-bond acceptors (Lipinski definition) is 2. The van der Waals surface area contributed by atoms with E-state index >= 15 is 0 Å². The average Bonchev–Trinajstić information content (AvgIpc) is 2.25. The SMILES string of the molecule is CCC(=Cc1cccc(OC(C)C)c1)CO. The lowest BCUT2D eigenvalue weighted by Gasteiger charge is -2.10. The van der Waals surface area contributed by atoms with E-state index < -0.39 is 0 Å². The maximum absolute atomic E-state index is 9.10. The Kier molecular flexibility index (Phi) is 5.06. The first-order valence-corrected chi connectivity index (χ1v) is 5.72. The van der Waals surface area contributed by atoms with Crippen LogP contribution in [0.25, 0.3) is 6.08 Å². The van der Waals surface area contributed by atoms with Gasteiger partial charge in [0.25, 0.3) is 0 Å². The fourth-order valence-electron chi connectivity index (χ4n) is 1.45. The summed E-state index contributed by atoms with van der Waals surface area (Å²) in [6, 6.07) is 7.92. The first-order chi connectivity index (χ1) is 7.65. The second kappa shape index (κ2) is 6.33. The largest absolute Gasteiger partial charge is 0.491 e. The summed E-state index contributed by atoms with van der Waals surface area (Å²) in [5.74, 6) is 0.872. The zero-order valence-corrected chi connectivity index (χ0v) is 10.2. The van der Waals surface area contributed by atoms with Gasteiger partial charge in [-0.1, -0.05) is 25.1 Å². The van der Waals surface area contributed by atoms with Crippen LogP contribution < -0.4 is 4.74 Å². The van der Waals surface area contributed by atoms with Gasteiger partial charge in [-0.25, -0.2) is 0 Å². The molecule has 0 fully saturated rings. The highest BCUT2D eigenvalue weighted by Crippen LogP contribution is 2.17. The molecular formula is C14H20O2. The molecule has 2 heteroatoms. The maximum Gasteiger partial charge on any atom is 0.120 e. The van der Waals surface area contributed by atoms with E-state index in [1.165, 1.54) is 0 Å². The molecule has 0 spiro atoms. The quantitative estimate of drug-likeness (QED) is 0.825. The van der Waals surface area contributed by atoms with Crippen LogP contribution in [-0.2, 0) is 0 Å². The molecule has 0 aliphatic rings. The van der Waals surface area contributed by atoms with E-state index in [1.54, 1.807) is 0 Å². The van der Waals surface area contributed by atoms with Crippen molar-refractivity contribution in [3.05, 3.63) is 35.4 Å². The lowest BCUT2D eigenvalue weighted by Crippen LogP contribution is -2.05. The van der Waals surface area contributed by atoms with E-state index in [4.69, 9.17) is 9.84 Å². The first kappa shape index (κ1) is 12.8. The summed E-state index contributed by atoms with van der Waals surface area (Å²) in [7, 11) is 0. The molecule has 0 aliphatic carbocycles. The van der Waals surface area contributed by atoms with Gasteiger partial charge in [0.2, 0.25) is 0 Å². The number of aliphatic hydroxyl groups is 1. The van der Waals surface area contributed by atoms with E-state index in [0.717, 1.165) is 23.3 Å². The van der Waals surface area contributed by atoms with Crippen molar-refractivity contribution in [3.63, 3.8) is 0 Å². The predicted octanol–water partition coefficient (Wildman–Crippen LogP) is 3.26. The minimum Gasteiger partial charge on any atom is -0.491 e. The van der Waals surface area contributed by atoms with Crippen molar-refractivity contribution < 1.29 is 9.84 Å². The summed E-state index contributed by atoms with van der Waals surface area (Å²) in [6.07, 6.45) is 3.06. The van der Waals surface area contributed by atoms with Crippen LogP contribution in [0.2, 0.25) is 0 Å². The van der Waals surface area contributed by atoms with Gasteiger partial charge in [0.15, 0.2) is 0 Å². The number of rotatable bonds is 5. The molecule has 0 aromatic heterocycles. The van der Waals surface area contributed by atoms with Crippen molar-refractivity contribution in [3.8, 4) is 5.75 Å². The average molecular weight is 220 g/mol. The molecule has 0 saturated heterocycles. The van der Waals surface area contributed by atoms with Gasteiger partial charge in [-0.2, -0.15) is 0 Å². The third kappa shape index (κ3) is 4.07. The number of benzene rings is 1. The molecule has 1 aromatic rings. The second-order valence-electron chi connectivity index (χ2n) is 4.05. The molecule has 16 heavy (non-hydrogen) atoms. The standard InChI is InChI=1S/C14H20O2/c1-4-12(10-15)8-13-6-5-7-14(9-13)16-11(2)3/h5-9,11,15H,4,10H2,1-3H3. The molecule has 1 N–H and O–H groups in total. The van der Waals surface area contributed by atoms with Crippen molar-refractivity contribution in [1.29, 1.82) is 0 Å². The fraction of sp³-hybridized carbons (Fsp3) is 0.429. The van der Waals surface area contributed by atoms with Crippen molar-refractivity contribution in [1.82, 2.24) is 0 Å². The number of aliphatic hydroxyl groups excluding tert-OH is 1. The summed E-state index contributed by atoms with van der Waals surface area (Å²) >= 11 is 0. The van der Waals surface area contributed by atoms with Crippen LogP contribution in [0.15, 0.2) is 29.8 Å². The van der Waals surface area contributed by atoms with Crippen molar-refractivity contribution in [2.24, 2.45) is 0 Å². The third-order valence-corrected chi connectivity index (χ3v) is 2.26. The molecular weight excluding hydrogens is 200 g/mol. The molecule has 0 atom stereocenters. The molecule has 0 saturated carbocycles. The highest BCUT2D eigenvalue weighted by Gasteiger charge is 1.99. The van der Waals surface area contributed by atoms with Crippen LogP contribution in [0.5, 0.6) is 5.75 Å². The second-order valence-corrected chi connectivity index (χ2v) is 4.05. The Balaban J connectivity index is 2.85. The maximum atomic E-state index is 9.10. The van der Waals surface area contributed by atoms with Crippen molar-refractivity contribution in [2.75, 3.05) is 6.61 Å². The Hall–Kier alpha value is -1.28. The lowest BCUT2D eigenvalue weighted by atomic mass is 10.1. The van der Waals surface area contributed by atoms with Gasteiger partial charge in [-0.3, -0.25) is 0 Å². The monoisotopic (exact) mass is 220 g/mol. The van der Waals surface area contributed by atoms with Gasteiger partial charge in [0, 0.05) is 0 Å². The van der Waals surface area contributed by atoms with Gasteiger partial charge in [-0.05, 0) is 43.5 Å². The summed E-state index contributed by atoms with van der Waals surface area (Å²) in [5.41, 5.74) is 2.10. The molecule has 0 bridgehead atoms. The predicted molar refractivity (Wildman–Crippen MR) is 67.6 cm³/mol. The molecule has 0 unspecified atom stereocenters. The summed E-state index contributed by atoms with van der Waals surface area (Å²) in [6.45, 7) is 6.17. The number of ether oxygens (including phenoxy) is 1. The smallest absolute Gasteiger partial charge is 0.120 e. The minimum absolute atomic E-state index is 0.117. The van der Waals surface area contributed by atoms with Crippen molar-refractivity contribution >= 4 is 6.08 Å². The van der Waals surface area contributed by atoms with Gasteiger partial charge in [0.1, 0.15) is 5.75 Å². The van der Waals surface area contributed by atoms with Crippen LogP contribution >= 0.6 is 0 Å². The molecule has 0 amide bonds. The van der Waals surface area contributed by atoms with Crippen LogP contribution in [0.3, 0.4) is 0 Å². The fourth-order valence-corrected chi connectivity index (χ4v) is 1.45. The van der Waals surface area contributed by atoms with E-state index in [1.807, 2.05) is 51.1 Å². The van der Waals surface area contributed by atoms with Crippen LogP contribution in [0.4, 0.5) is 0 Å². The lowest BCUT2D eigenvalue weighted by molar-refractivity contribution is 0.242. The normalized spacial score (nSPS) is 11.9. The number of hydrogen-bond donors (Lipinski definition) is 1. The zero-order chi connectivity index (χ0) is 12.0. The Labute approximate surface area is 97.6 Å². The highest BCUT2D eigenvalue weighted by atomic mass is 16.5. The molecule has 0 radical (unpaired) electrons. The molecule has 0 heterocycles. The van der Waals surface area contributed by atoms with E-state index in [9.17, 15) is 0 Å². The van der Waals surface area contributed by atoms with E-state index in [0.29, 0.717) is 0 Å². The summed E-state index contributed by atoms with van der Waals surface area (Å²) < 4.78 is 5.61. The summed E-state index contributed by atoms with van der Waals surface area (Å²) in [5, 5.41) is 9.10. The van der Waals surface area contributed by atoms with Crippen LogP contribution in [-0.4, -0.2) is 17.8 Å². The van der Waals surface area contributed by atoms with Gasteiger partial charge in [-0.15, -0.1) is 0 Å². The Morgan fingerprint density at radius 2 is 2.19 bits per heavy atom. The highest BCUT2D eigenvalue weighted by molar-refractivity contribution is 5.55. The summed E-state index contributed by atoms with van der Waals surface area (Å²) in [4.78, 5) is 0. The Morgan fingerprint density at radius 3 is 2.75 bits per heavy atom. The van der Waals surface area contributed by atoms with Crippen LogP contribution in [0, 0.1) is 0 Å². The first-order valence-electron chi connectivity index (χ1n) is 5.72. The van der Waals surface area contributed by atoms with Gasteiger partial charge < -0.3 is 9.84 Å². The van der Waals surface area contributed by atoms with E-state index in [2.05, 4.69) is 0 Å². The third-order valence-electron chi connectivity index (χ3n) is 2.26. The zero-order valence-electron chi connectivity index (χ0n) is 10.2. The molecule has 2 nitrogen and oxygen atoms in total. The minimum atomic E-state index is 0.117. The van der Waals surface area contributed by atoms with E-state index in [-0.39, 0.29) is 12.7 Å². The molecule has 0 aliphatic heterocycles.